The minimum atomic E-state index is -2.09. The fourth-order valence-corrected chi connectivity index (χ4v) is 17.0. The molecule has 84 heavy (non-hydrogen) atoms. The SMILES string of the molecule is CC1CC[C@@]2(OC1)O[C@H]1C[C@H]3[C@@H]4CC[C@H]5C[C@@H](O[C@@H]6O[C@H](CO)[C@H](O[C@@H]7O[C@H](CO)[C@@H](O)[C@H](O[C@@H]8OC[C@@H](O[C@@H]9O[C@@H](C)[C@H](O)[C@@H](O)[C@H]9O)[C@H](O)[C@H]8O)[C@H]7O[C@@H]7O[C@H](CO)[C@@H](O)[C@H](O)[C@H]7O)[C@H](O)[C@H]6O)[C@H](O)C[C@]5(C)[C@H]4CC(=O)[C@]3(C)[C@H]1[C@@H]2C. The van der Waals surface area contributed by atoms with Gasteiger partial charge in [0, 0.05) is 30.1 Å². The number of fused-ring (bicyclic) bond motifs is 7. The summed E-state index contributed by atoms with van der Waals surface area (Å²) < 4.78 is 72.7. The van der Waals surface area contributed by atoms with Gasteiger partial charge in [0.05, 0.1) is 57.5 Å². The fourth-order valence-electron chi connectivity index (χ4n) is 17.0. The fraction of sp³-hybridized carbons (Fsp3) is 0.982. The molecule has 7 aliphatic heterocycles. The number of rotatable bonds is 13. The van der Waals surface area contributed by atoms with E-state index in [2.05, 4.69) is 27.7 Å². The van der Waals surface area contributed by atoms with Crippen LogP contribution in [-0.2, 0) is 61.6 Å². The molecule has 7 heterocycles. The first kappa shape index (κ1) is 64.1. The number of hydrogen-bond acceptors (Lipinski definition) is 28. The van der Waals surface area contributed by atoms with E-state index in [1.165, 1.54) is 6.92 Å². The molecule has 0 radical (unpaired) electrons. The summed E-state index contributed by atoms with van der Waals surface area (Å²) in [5.74, 6) is 0.417. The van der Waals surface area contributed by atoms with Gasteiger partial charge in [0.25, 0.3) is 0 Å². The number of aliphatic hydroxyl groups is 15. The van der Waals surface area contributed by atoms with E-state index in [-0.39, 0.29) is 53.8 Å². The van der Waals surface area contributed by atoms with Crippen LogP contribution in [-0.4, -0.2) is 287 Å². The van der Waals surface area contributed by atoms with Crippen molar-refractivity contribution >= 4 is 5.78 Å². The van der Waals surface area contributed by atoms with Crippen LogP contribution >= 0.6 is 0 Å². The van der Waals surface area contributed by atoms with E-state index in [0.29, 0.717) is 25.4 Å². The molecule has 0 amide bonds. The summed E-state index contributed by atoms with van der Waals surface area (Å²) in [7, 11) is 0. The summed E-state index contributed by atoms with van der Waals surface area (Å²) in [4.78, 5) is 14.8. The highest BCUT2D eigenvalue weighted by molar-refractivity contribution is 5.87. The Morgan fingerprint density at radius 3 is 1.80 bits per heavy atom. The Bertz CT molecular complexity index is 2250. The van der Waals surface area contributed by atoms with Gasteiger partial charge in [-0.25, -0.2) is 0 Å². The van der Waals surface area contributed by atoms with Crippen LogP contribution in [0.1, 0.15) is 86.0 Å². The van der Waals surface area contributed by atoms with Gasteiger partial charge in [-0.15, -0.1) is 0 Å². The van der Waals surface area contributed by atoms with Crippen LogP contribution in [0.25, 0.3) is 0 Å². The van der Waals surface area contributed by atoms with Gasteiger partial charge in [-0.05, 0) is 80.5 Å². The second-order valence-electron chi connectivity index (χ2n) is 26.7. The molecule has 0 bridgehead atoms. The Balaban J connectivity index is 0.776. The first-order valence-corrected chi connectivity index (χ1v) is 30.2. The van der Waals surface area contributed by atoms with E-state index >= 15 is 0 Å². The number of Topliss-reactive ketones (excluding diaryl/α,β-unsaturated/α-hetero) is 1. The highest BCUT2D eigenvalue weighted by Crippen LogP contribution is 2.70. The van der Waals surface area contributed by atoms with Crippen molar-refractivity contribution in [3.8, 4) is 0 Å². The lowest BCUT2D eigenvalue weighted by Gasteiger charge is -2.61. The van der Waals surface area contributed by atoms with E-state index in [1.54, 1.807) is 0 Å². The minimum Gasteiger partial charge on any atom is -0.394 e. The van der Waals surface area contributed by atoms with E-state index < -0.39 is 203 Å². The van der Waals surface area contributed by atoms with Crippen LogP contribution in [0.4, 0.5) is 0 Å². The molecular weight excluding hydrogens is 1120 g/mol. The third-order valence-electron chi connectivity index (χ3n) is 22.0. The summed E-state index contributed by atoms with van der Waals surface area (Å²) in [5.41, 5.74) is -1.03. The quantitative estimate of drug-likeness (QED) is 0.0766. The van der Waals surface area contributed by atoms with Crippen molar-refractivity contribution in [3.05, 3.63) is 0 Å². The first-order chi connectivity index (χ1) is 39.8. The van der Waals surface area contributed by atoms with Crippen LogP contribution in [0.3, 0.4) is 0 Å². The summed E-state index contributed by atoms with van der Waals surface area (Å²) in [6, 6.07) is 0. The maximum absolute atomic E-state index is 14.8. The molecule has 28 heteroatoms. The van der Waals surface area contributed by atoms with Gasteiger partial charge in [-0.2, -0.15) is 0 Å². The smallest absolute Gasteiger partial charge is 0.187 e. The van der Waals surface area contributed by atoms with Crippen molar-refractivity contribution in [2.75, 3.05) is 33.0 Å². The average Bonchev–Trinajstić information content (AvgIpc) is 1.52. The first-order valence-electron chi connectivity index (χ1n) is 30.2. The summed E-state index contributed by atoms with van der Waals surface area (Å²) in [6.45, 7) is 7.33. The summed E-state index contributed by atoms with van der Waals surface area (Å²) in [6.07, 6.45) is -40.0. The second-order valence-corrected chi connectivity index (χ2v) is 26.7. The predicted octanol–water partition coefficient (Wildman–Crippen LogP) is -5.27. The number of hydrogen-bond donors (Lipinski definition) is 15. The van der Waals surface area contributed by atoms with E-state index in [4.69, 9.17) is 56.8 Å². The Labute approximate surface area is 485 Å². The normalized spacial score (nSPS) is 57.7. The molecular formula is C56H90O28. The maximum atomic E-state index is 14.8. The molecule has 0 aromatic carbocycles. The zero-order chi connectivity index (χ0) is 60.4. The van der Waals surface area contributed by atoms with Crippen molar-refractivity contribution < 1.29 is 138 Å². The van der Waals surface area contributed by atoms with E-state index in [1.807, 2.05) is 0 Å². The average molecular weight is 1210 g/mol. The summed E-state index contributed by atoms with van der Waals surface area (Å²) in [5, 5.41) is 165. The lowest BCUT2D eigenvalue weighted by Crippen LogP contribution is -2.68. The number of carbonyl (C=O) groups excluding carboxylic acids is 1. The molecule has 11 rings (SSSR count). The van der Waals surface area contributed by atoms with Gasteiger partial charge < -0.3 is 133 Å². The highest BCUT2D eigenvalue weighted by atomic mass is 16.8. The van der Waals surface area contributed by atoms with Gasteiger partial charge in [-0.1, -0.05) is 27.7 Å². The molecule has 15 N–H and O–H groups in total. The topological polar surface area (TPSA) is 431 Å². The van der Waals surface area contributed by atoms with Crippen molar-refractivity contribution in [1.29, 1.82) is 0 Å². The Kier molecular flexibility index (Phi) is 18.8. The maximum Gasteiger partial charge on any atom is 0.187 e. The van der Waals surface area contributed by atoms with Crippen molar-refractivity contribution in [1.82, 2.24) is 0 Å². The molecule has 4 aliphatic carbocycles. The Hall–Kier alpha value is -1.41. The molecule has 4 saturated carbocycles. The lowest BCUT2D eigenvalue weighted by molar-refractivity contribution is -0.406. The number of ether oxygens (including phenoxy) is 12. The lowest BCUT2D eigenvalue weighted by atomic mass is 9.43. The second kappa shape index (κ2) is 24.7. The molecule has 28 nitrogen and oxygen atoms in total. The minimum absolute atomic E-state index is 0.0104. The molecule has 1 spiro atoms. The van der Waals surface area contributed by atoms with Crippen molar-refractivity contribution in [3.63, 3.8) is 0 Å². The van der Waals surface area contributed by atoms with Gasteiger partial charge in [0.15, 0.2) is 37.2 Å². The highest BCUT2D eigenvalue weighted by Gasteiger charge is 2.72. The Morgan fingerprint density at radius 1 is 0.536 bits per heavy atom. The standard InChI is InChI=1S/C56H90O28/c1-19-8-9-56(74-17-19)20(2)34-28(84-56)11-25-23-7-6-22-10-27(26(60)13-54(22,4)24(23)12-33(61)55(25,34)5)76-51-45(72)41(68)46(31(16-59)79-51)81-53-48(83-52-44(71)40(67)36(63)29(14-57)77-52)47(38(65)30(15-58)78-53)82-49-42(69)37(64)32(18-73-49)80-50-43(70)39(66)35(62)21(3)75-50/h19-32,34-53,57-60,62-72H,6-18H2,1-5H3/t19?,20-,21-,22-,23+,24-,25-,26+,27+,28-,29+,30+,31+,32+,34-,35-,36+,37-,38+,39+,40-,41+,42+,43+,44+,45+,46-,47-,48+,49-,50-,51+,52-,53-,54-,55+,56+/m0/s1. The van der Waals surface area contributed by atoms with Gasteiger partial charge in [-0.3, -0.25) is 4.79 Å². The largest absolute Gasteiger partial charge is 0.394 e. The number of aliphatic hydroxyl groups excluding tert-OH is 15. The van der Waals surface area contributed by atoms with E-state index in [0.717, 1.165) is 32.1 Å². The van der Waals surface area contributed by atoms with Crippen LogP contribution in [0.15, 0.2) is 0 Å². The monoisotopic (exact) mass is 1210 g/mol. The molecule has 1 unspecified atom stereocenters. The molecule has 37 atom stereocenters. The molecule has 7 saturated heterocycles. The predicted molar refractivity (Wildman–Crippen MR) is 275 cm³/mol. The molecule has 482 valence electrons. The third-order valence-corrected chi connectivity index (χ3v) is 22.0. The number of carbonyl (C=O) groups is 1. The van der Waals surface area contributed by atoms with Gasteiger partial charge >= 0.3 is 0 Å². The summed E-state index contributed by atoms with van der Waals surface area (Å²) >= 11 is 0. The van der Waals surface area contributed by atoms with Gasteiger partial charge in [0.1, 0.15) is 116 Å². The molecule has 0 aromatic heterocycles. The van der Waals surface area contributed by atoms with Crippen molar-refractivity contribution in [2.45, 2.75) is 258 Å². The van der Waals surface area contributed by atoms with Crippen LogP contribution in [0, 0.1) is 52.3 Å². The molecule has 11 aliphatic rings. The zero-order valence-electron chi connectivity index (χ0n) is 47.8. The van der Waals surface area contributed by atoms with Crippen molar-refractivity contribution in [2.24, 2.45) is 52.3 Å². The van der Waals surface area contributed by atoms with E-state index in [9.17, 15) is 81.4 Å². The Morgan fingerprint density at radius 2 is 1.12 bits per heavy atom. The molecule has 0 aromatic rings. The van der Waals surface area contributed by atoms with Crippen LogP contribution in [0.5, 0.6) is 0 Å². The molecule has 11 fully saturated rings. The van der Waals surface area contributed by atoms with Gasteiger partial charge in [0.2, 0.25) is 0 Å². The third kappa shape index (κ3) is 10.9. The van der Waals surface area contributed by atoms with Crippen LogP contribution < -0.4 is 0 Å². The van der Waals surface area contributed by atoms with Crippen LogP contribution in [0.2, 0.25) is 0 Å². The number of ketones is 1. The zero-order valence-corrected chi connectivity index (χ0v) is 47.8.